The maximum Gasteiger partial charge on any atom is 0.362 e. The molecule has 0 saturated carbocycles. The molecule has 0 radical (unpaired) electrons. The van der Waals surface area contributed by atoms with Gasteiger partial charge in [-0.05, 0) is 39.7 Å². The summed E-state index contributed by atoms with van der Waals surface area (Å²) in [7, 11) is 3.99. The fourth-order valence-electron chi connectivity index (χ4n) is 2.21. The van der Waals surface area contributed by atoms with E-state index in [4.69, 9.17) is 4.74 Å². The number of rotatable bonds is 11. The van der Waals surface area contributed by atoms with Crippen LogP contribution in [0.1, 0.15) is 47.0 Å². The van der Waals surface area contributed by atoms with Gasteiger partial charge in [0.2, 0.25) is 5.91 Å². The summed E-state index contributed by atoms with van der Waals surface area (Å²) >= 11 is 0. The normalized spacial score (nSPS) is 11.4. The highest BCUT2D eigenvalue weighted by atomic mass is 35.5. The predicted molar refractivity (Wildman–Crippen MR) is 98.5 cm³/mol. The molecule has 0 saturated heterocycles. The lowest BCUT2D eigenvalue weighted by Gasteiger charge is -2.28. The molecule has 146 valence electrons. The molecule has 0 aliphatic rings. The molecule has 5 nitrogen and oxygen atoms in total. The second kappa shape index (κ2) is 13.9. The molecule has 0 bridgehead atoms. The Morgan fingerprint density at radius 3 is 2.28 bits per heavy atom. The molecule has 6 heteroatoms. The van der Waals surface area contributed by atoms with E-state index in [1.807, 2.05) is 20.2 Å². The van der Waals surface area contributed by atoms with Crippen molar-refractivity contribution < 1.29 is 31.2 Å². The van der Waals surface area contributed by atoms with Crippen LogP contribution in [0.4, 0.5) is 0 Å². The zero-order valence-electron chi connectivity index (χ0n) is 16.7. The lowest BCUT2D eigenvalue weighted by molar-refractivity contribution is -0.883. The van der Waals surface area contributed by atoms with Crippen LogP contribution in [0.5, 0.6) is 0 Å². The van der Waals surface area contributed by atoms with Gasteiger partial charge in [0, 0.05) is 19.9 Å². The first-order valence-electron chi connectivity index (χ1n) is 8.63. The van der Waals surface area contributed by atoms with Gasteiger partial charge in [-0.25, -0.2) is 4.79 Å². The van der Waals surface area contributed by atoms with E-state index in [0.29, 0.717) is 24.2 Å². The minimum Gasteiger partial charge on any atom is -1.00 e. The zero-order chi connectivity index (χ0) is 18.6. The molecule has 0 atom stereocenters. The first kappa shape index (κ1) is 25.9. The number of quaternary nitrogens is 1. The topological polar surface area (TPSA) is 55.4 Å². The van der Waals surface area contributed by atoms with E-state index in [9.17, 15) is 9.59 Å². The van der Waals surface area contributed by atoms with Crippen molar-refractivity contribution >= 4 is 11.9 Å². The monoisotopic (exact) mass is 374 g/mol. The number of allylic oxidation sites excluding steroid dienone is 3. The lowest BCUT2D eigenvalue weighted by atomic mass is 10.1. The number of carbonyl (C=O) groups excluding carboxylic acids is 2. The second-order valence-corrected chi connectivity index (χ2v) is 7.21. The molecule has 0 unspecified atom stereocenters. The van der Waals surface area contributed by atoms with Crippen LogP contribution in [-0.4, -0.2) is 56.7 Å². The molecule has 0 aliphatic carbocycles. The third-order valence-electron chi connectivity index (χ3n) is 3.64. The van der Waals surface area contributed by atoms with Gasteiger partial charge in [0.15, 0.2) is 6.54 Å². The number of ether oxygens (including phenoxy) is 1. The van der Waals surface area contributed by atoms with Crippen molar-refractivity contribution in [1.82, 2.24) is 5.32 Å². The Balaban J connectivity index is 0. The van der Waals surface area contributed by atoms with Crippen molar-refractivity contribution in [1.29, 1.82) is 0 Å². The standard InChI is InChI=1S/C19H34N2O3.ClH/c1-16(2)9-7-10-17(3)11-14-24-19(23)15-21(5,6)13-8-12-20-18(4)22;/h9,11H,7-8,10,12-15H2,1-6H3;1H/b17-11+;. The van der Waals surface area contributed by atoms with Crippen LogP contribution in [0, 0.1) is 0 Å². The first-order valence-corrected chi connectivity index (χ1v) is 8.63. The Hall–Kier alpha value is -1.33. The Labute approximate surface area is 159 Å². The molecule has 0 heterocycles. The van der Waals surface area contributed by atoms with Gasteiger partial charge < -0.3 is 26.9 Å². The highest BCUT2D eigenvalue weighted by Crippen LogP contribution is 2.06. The van der Waals surface area contributed by atoms with Crippen molar-refractivity contribution in [2.45, 2.75) is 47.0 Å². The van der Waals surface area contributed by atoms with Crippen LogP contribution >= 0.6 is 0 Å². The van der Waals surface area contributed by atoms with Gasteiger partial charge in [-0.3, -0.25) is 4.79 Å². The molecule has 1 amide bonds. The summed E-state index contributed by atoms with van der Waals surface area (Å²) in [4.78, 5) is 22.8. The van der Waals surface area contributed by atoms with Crippen molar-refractivity contribution in [3.63, 3.8) is 0 Å². The van der Waals surface area contributed by atoms with Crippen molar-refractivity contribution in [2.24, 2.45) is 0 Å². The average molecular weight is 375 g/mol. The van der Waals surface area contributed by atoms with E-state index in [0.717, 1.165) is 25.8 Å². The minimum absolute atomic E-state index is 0. The number of hydrogen-bond donors (Lipinski definition) is 1. The highest BCUT2D eigenvalue weighted by Gasteiger charge is 2.20. The molecule has 0 rings (SSSR count). The quantitative estimate of drug-likeness (QED) is 0.236. The van der Waals surface area contributed by atoms with Crippen molar-refractivity contribution in [3.05, 3.63) is 23.3 Å². The SMILES string of the molecule is CC(=O)NCCC[N+](C)(C)CC(=O)OC/C=C(\C)CCC=C(C)C.[Cl-]. The van der Waals surface area contributed by atoms with E-state index in [-0.39, 0.29) is 24.3 Å². The molecule has 0 spiro atoms. The van der Waals surface area contributed by atoms with Crippen molar-refractivity contribution in [3.8, 4) is 0 Å². The van der Waals surface area contributed by atoms with Gasteiger partial charge in [-0.15, -0.1) is 0 Å². The smallest absolute Gasteiger partial charge is 0.362 e. The second-order valence-electron chi connectivity index (χ2n) is 7.21. The molecular weight excluding hydrogens is 340 g/mol. The minimum atomic E-state index is -0.187. The van der Waals surface area contributed by atoms with Gasteiger partial charge in [0.1, 0.15) is 6.61 Å². The van der Waals surface area contributed by atoms with E-state index in [2.05, 4.69) is 32.2 Å². The molecule has 0 fully saturated rings. The maximum absolute atomic E-state index is 11.9. The number of halogens is 1. The van der Waals surface area contributed by atoms with E-state index < -0.39 is 0 Å². The van der Waals surface area contributed by atoms with Crippen molar-refractivity contribution in [2.75, 3.05) is 40.3 Å². The number of amides is 1. The number of esters is 1. The Morgan fingerprint density at radius 2 is 1.72 bits per heavy atom. The lowest BCUT2D eigenvalue weighted by Crippen LogP contribution is -3.00. The third kappa shape index (κ3) is 17.3. The summed E-state index contributed by atoms with van der Waals surface area (Å²) in [6.07, 6.45) is 7.05. The molecule has 0 aromatic carbocycles. The van der Waals surface area contributed by atoms with E-state index in [1.54, 1.807) is 0 Å². The Kier molecular flexibility index (Phi) is 14.4. The molecule has 25 heavy (non-hydrogen) atoms. The Morgan fingerprint density at radius 1 is 1.08 bits per heavy atom. The summed E-state index contributed by atoms with van der Waals surface area (Å²) in [6.45, 7) is 9.89. The van der Waals surface area contributed by atoms with Gasteiger partial charge >= 0.3 is 5.97 Å². The summed E-state index contributed by atoms with van der Waals surface area (Å²) in [5, 5.41) is 2.76. The molecule has 0 aromatic rings. The maximum atomic E-state index is 11.9. The number of nitrogens with one attached hydrogen (secondary N) is 1. The van der Waals surface area contributed by atoms with E-state index >= 15 is 0 Å². The molecule has 1 N–H and O–H groups in total. The summed E-state index contributed by atoms with van der Waals surface area (Å²) in [6, 6.07) is 0. The fourth-order valence-corrected chi connectivity index (χ4v) is 2.21. The highest BCUT2D eigenvalue weighted by molar-refractivity contribution is 5.72. The number of carbonyl (C=O) groups is 2. The van der Waals surface area contributed by atoms with Gasteiger partial charge in [-0.2, -0.15) is 0 Å². The zero-order valence-corrected chi connectivity index (χ0v) is 17.4. The first-order chi connectivity index (χ1) is 11.1. The van der Waals surface area contributed by atoms with Crippen LogP contribution in [0.2, 0.25) is 0 Å². The molecule has 0 aliphatic heterocycles. The van der Waals surface area contributed by atoms with Gasteiger partial charge in [0.05, 0.1) is 20.6 Å². The summed E-state index contributed by atoms with van der Waals surface area (Å²) in [5.74, 6) is -0.209. The van der Waals surface area contributed by atoms with Crippen LogP contribution in [0.25, 0.3) is 0 Å². The number of likely N-dealkylation sites (N-methyl/N-ethyl adjacent to an activating group) is 1. The van der Waals surface area contributed by atoms with Gasteiger partial charge in [0.25, 0.3) is 0 Å². The molecule has 0 aromatic heterocycles. The third-order valence-corrected chi connectivity index (χ3v) is 3.64. The van der Waals surface area contributed by atoms with Crippen LogP contribution in [0.3, 0.4) is 0 Å². The predicted octanol–water partition coefficient (Wildman–Crippen LogP) is -0.171. The number of hydrogen-bond acceptors (Lipinski definition) is 3. The van der Waals surface area contributed by atoms with Crippen LogP contribution in [-0.2, 0) is 14.3 Å². The Bertz CT molecular complexity index is 467. The van der Waals surface area contributed by atoms with Crippen LogP contribution < -0.4 is 17.7 Å². The fraction of sp³-hybridized carbons (Fsp3) is 0.684. The average Bonchev–Trinajstić information content (AvgIpc) is 2.42. The number of nitrogens with zero attached hydrogens (tertiary/aromatic N) is 1. The summed E-state index contributed by atoms with van der Waals surface area (Å²) < 4.78 is 5.86. The van der Waals surface area contributed by atoms with E-state index in [1.165, 1.54) is 18.1 Å². The largest absolute Gasteiger partial charge is 1.00 e. The van der Waals surface area contributed by atoms with Crippen LogP contribution in [0.15, 0.2) is 23.3 Å². The van der Waals surface area contributed by atoms with Gasteiger partial charge in [-0.1, -0.05) is 17.2 Å². The molecular formula is C19H35ClN2O3. The summed E-state index contributed by atoms with van der Waals surface area (Å²) in [5.41, 5.74) is 2.57.